The lowest BCUT2D eigenvalue weighted by atomic mass is 10.1. The molecule has 156 valence electrons. The Balaban J connectivity index is 2.13. The third-order valence-electron chi connectivity index (χ3n) is 4.29. The zero-order valence-electron chi connectivity index (χ0n) is 17.1. The molecular formula is C22H27FN2O4. The summed E-state index contributed by atoms with van der Waals surface area (Å²) in [5.74, 6) is 0.101. The number of amides is 2. The van der Waals surface area contributed by atoms with Crippen LogP contribution in [0.15, 0.2) is 48.5 Å². The number of rotatable bonds is 9. The number of methoxy groups -OCH3 is 1. The molecule has 0 saturated carbocycles. The SMILES string of the molecule is COc1ccc(CN(C(=O)COc2ccc(F)cc2)C(C)C(=O)NC(C)C)cc1. The maximum Gasteiger partial charge on any atom is 0.261 e. The maximum atomic E-state index is 13.0. The molecular weight excluding hydrogens is 375 g/mol. The highest BCUT2D eigenvalue weighted by molar-refractivity contribution is 5.88. The molecule has 0 aliphatic carbocycles. The van der Waals surface area contributed by atoms with Crippen LogP contribution in [0.3, 0.4) is 0 Å². The van der Waals surface area contributed by atoms with E-state index < -0.39 is 6.04 Å². The fourth-order valence-corrected chi connectivity index (χ4v) is 2.67. The summed E-state index contributed by atoms with van der Waals surface area (Å²) in [6.07, 6.45) is 0. The molecule has 0 aliphatic rings. The van der Waals surface area contributed by atoms with Gasteiger partial charge in [-0.15, -0.1) is 0 Å². The van der Waals surface area contributed by atoms with Gasteiger partial charge in [0.1, 0.15) is 23.4 Å². The number of nitrogens with one attached hydrogen (secondary N) is 1. The molecule has 0 bridgehead atoms. The maximum absolute atomic E-state index is 13.0. The number of benzene rings is 2. The zero-order valence-corrected chi connectivity index (χ0v) is 17.1. The van der Waals surface area contributed by atoms with E-state index in [2.05, 4.69) is 5.32 Å². The van der Waals surface area contributed by atoms with Crippen LogP contribution in [-0.2, 0) is 16.1 Å². The predicted octanol–water partition coefficient (Wildman–Crippen LogP) is 3.16. The highest BCUT2D eigenvalue weighted by Gasteiger charge is 2.26. The van der Waals surface area contributed by atoms with E-state index in [9.17, 15) is 14.0 Å². The van der Waals surface area contributed by atoms with E-state index in [1.54, 1.807) is 26.2 Å². The van der Waals surface area contributed by atoms with Crippen molar-refractivity contribution in [3.05, 3.63) is 59.9 Å². The molecule has 0 aromatic heterocycles. The lowest BCUT2D eigenvalue weighted by Crippen LogP contribution is -2.50. The second-order valence-electron chi connectivity index (χ2n) is 6.95. The summed E-state index contributed by atoms with van der Waals surface area (Å²) >= 11 is 0. The average molecular weight is 402 g/mol. The molecule has 2 aromatic rings. The van der Waals surface area contributed by atoms with Crippen LogP contribution < -0.4 is 14.8 Å². The number of halogens is 1. The van der Waals surface area contributed by atoms with Crippen LogP contribution in [0.2, 0.25) is 0 Å². The highest BCUT2D eigenvalue weighted by Crippen LogP contribution is 2.16. The van der Waals surface area contributed by atoms with Gasteiger partial charge < -0.3 is 19.7 Å². The predicted molar refractivity (Wildman–Crippen MR) is 108 cm³/mol. The topological polar surface area (TPSA) is 67.9 Å². The Labute approximate surface area is 170 Å². The Bertz CT molecular complexity index is 807. The number of hydrogen-bond acceptors (Lipinski definition) is 4. The van der Waals surface area contributed by atoms with Gasteiger partial charge in [-0.2, -0.15) is 0 Å². The molecule has 1 N–H and O–H groups in total. The standard InChI is InChI=1S/C22H27FN2O4/c1-15(2)24-22(27)16(3)25(13-17-5-9-19(28-4)10-6-17)21(26)14-29-20-11-7-18(23)8-12-20/h5-12,15-16H,13-14H2,1-4H3,(H,24,27). The Morgan fingerprint density at radius 1 is 1.00 bits per heavy atom. The van der Waals surface area contributed by atoms with Crippen LogP contribution in [-0.4, -0.2) is 42.5 Å². The smallest absolute Gasteiger partial charge is 0.261 e. The molecule has 0 radical (unpaired) electrons. The molecule has 2 aromatic carbocycles. The van der Waals surface area contributed by atoms with Crippen molar-refractivity contribution in [3.63, 3.8) is 0 Å². The first kappa shape index (κ1) is 22.2. The monoisotopic (exact) mass is 402 g/mol. The van der Waals surface area contributed by atoms with Gasteiger partial charge in [0.2, 0.25) is 5.91 Å². The minimum atomic E-state index is -0.691. The molecule has 0 fully saturated rings. The second-order valence-corrected chi connectivity index (χ2v) is 6.95. The van der Waals surface area contributed by atoms with Crippen LogP contribution in [0.25, 0.3) is 0 Å². The summed E-state index contributed by atoms with van der Waals surface area (Å²) in [6, 6.07) is 12.0. The van der Waals surface area contributed by atoms with Gasteiger partial charge >= 0.3 is 0 Å². The summed E-state index contributed by atoms with van der Waals surface area (Å²) in [5.41, 5.74) is 0.852. The number of carbonyl (C=O) groups excluding carboxylic acids is 2. The van der Waals surface area contributed by atoms with Crippen molar-refractivity contribution in [3.8, 4) is 11.5 Å². The van der Waals surface area contributed by atoms with E-state index >= 15 is 0 Å². The van der Waals surface area contributed by atoms with E-state index in [0.717, 1.165) is 5.56 Å². The van der Waals surface area contributed by atoms with Gasteiger partial charge in [-0.3, -0.25) is 9.59 Å². The van der Waals surface area contributed by atoms with Crippen molar-refractivity contribution in [2.75, 3.05) is 13.7 Å². The Hall–Kier alpha value is -3.09. The minimum Gasteiger partial charge on any atom is -0.497 e. The minimum absolute atomic E-state index is 0.0432. The number of carbonyl (C=O) groups is 2. The van der Waals surface area contributed by atoms with Crippen LogP contribution >= 0.6 is 0 Å². The molecule has 7 heteroatoms. The molecule has 1 atom stereocenters. The second kappa shape index (κ2) is 10.5. The molecule has 0 saturated heterocycles. The molecule has 0 spiro atoms. The molecule has 1 unspecified atom stereocenters. The van der Waals surface area contributed by atoms with Crippen molar-refractivity contribution in [1.82, 2.24) is 10.2 Å². The normalized spacial score (nSPS) is 11.7. The highest BCUT2D eigenvalue weighted by atomic mass is 19.1. The first-order valence-corrected chi connectivity index (χ1v) is 9.41. The summed E-state index contributed by atoms with van der Waals surface area (Å²) < 4.78 is 23.7. The van der Waals surface area contributed by atoms with E-state index in [0.29, 0.717) is 11.5 Å². The Morgan fingerprint density at radius 3 is 2.14 bits per heavy atom. The molecule has 2 amide bonds. The van der Waals surface area contributed by atoms with Crippen LogP contribution in [0.1, 0.15) is 26.3 Å². The lowest BCUT2D eigenvalue weighted by Gasteiger charge is -2.29. The van der Waals surface area contributed by atoms with Gasteiger partial charge in [-0.1, -0.05) is 12.1 Å². The fraction of sp³-hybridized carbons (Fsp3) is 0.364. The van der Waals surface area contributed by atoms with Crippen molar-refractivity contribution in [2.45, 2.75) is 39.4 Å². The Kier molecular flexibility index (Phi) is 8.00. The van der Waals surface area contributed by atoms with Crippen molar-refractivity contribution in [2.24, 2.45) is 0 Å². The quantitative estimate of drug-likeness (QED) is 0.700. The fourth-order valence-electron chi connectivity index (χ4n) is 2.67. The molecule has 0 aliphatic heterocycles. The molecule has 29 heavy (non-hydrogen) atoms. The number of nitrogens with zero attached hydrogens (tertiary/aromatic N) is 1. The van der Waals surface area contributed by atoms with Gasteiger partial charge in [-0.25, -0.2) is 4.39 Å². The summed E-state index contributed by atoms with van der Waals surface area (Å²) in [5, 5.41) is 2.83. The Morgan fingerprint density at radius 2 is 1.59 bits per heavy atom. The van der Waals surface area contributed by atoms with Gasteiger partial charge in [0.05, 0.1) is 7.11 Å². The molecule has 0 heterocycles. The third kappa shape index (κ3) is 6.78. The first-order chi connectivity index (χ1) is 13.8. The summed E-state index contributed by atoms with van der Waals surface area (Å²) in [7, 11) is 1.58. The van der Waals surface area contributed by atoms with Crippen LogP contribution in [0.5, 0.6) is 11.5 Å². The third-order valence-corrected chi connectivity index (χ3v) is 4.29. The van der Waals surface area contributed by atoms with Gasteiger partial charge in [0.25, 0.3) is 5.91 Å². The van der Waals surface area contributed by atoms with Gasteiger partial charge in [0.15, 0.2) is 6.61 Å². The average Bonchev–Trinajstić information content (AvgIpc) is 2.70. The van der Waals surface area contributed by atoms with E-state index in [-0.39, 0.29) is 36.8 Å². The van der Waals surface area contributed by atoms with E-state index in [1.807, 2.05) is 26.0 Å². The van der Waals surface area contributed by atoms with E-state index in [1.165, 1.54) is 29.2 Å². The zero-order chi connectivity index (χ0) is 21.4. The summed E-state index contributed by atoms with van der Waals surface area (Å²) in [4.78, 5) is 26.8. The van der Waals surface area contributed by atoms with Crippen LogP contribution in [0, 0.1) is 5.82 Å². The van der Waals surface area contributed by atoms with Crippen LogP contribution in [0.4, 0.5) is 4.39 Å². The summed E-state index contributed by atoms with van der Waals surface area (Å²) in [6.45, 7) is 5.37. The molecule has 6 nitrogen and oxygen atoms in total. The van der Waals surface area contributed by atoms with Crippen molar-refractivity contribution in [1.29, 1.82) is 0 Å². The number of hydrogen-bond donors (Lipinski definition) is 1. The van der Waals surface area contributed by atoms with Gasteiger partial charge in [-0.05, 0) is 62.7 Å². The number of ether oxygens (including phenoxy) is 2. The lowest BCUT2D eigenvalue weighted by molar-refractivity contribution is -0.142. The first-order valence-electron chi connectivity index (χ1n) is 9.41. The molecule has 2 rings (SSSR count). The van der Waals surface area contributed by atoms with E-state index in [4.69, 9.17) is 9.47 Å². The largest absolute Gasteiger partial charge is 0.497 e. The van der Waals surface area contributed by atoms with Gasteiger partial charge in [0, 0.05) is 12.6 Å². The van der Waals surface area contributed by atoms with Crippen molar-refractivity contribution >= 4 is 11.8 Å². The van der Waals surface area contributed by atoms with Crippen molar-refractivity contribution < 1.29 is 23.5 Å².